The molecule has 1 saturated heterocycles. The minimum absolute atomic E-state index is 0.0637. The highest BCUT2D eigenvalue weighted by molar-refractivity contribution is 5.98. The van der Waals surface area contributed by atoms with Gasteiger partial charge < -0.3 is 19.5 Å². The Balaban J connectivity index is 1.30. The van der Waals surface area contributed by atoms with Crippen LogP contribution in [0.2, 0.25) is 0 Å². The Morgan fingerprint density at radius 2 is 1.97 bits per heavy atom. The van der Waals surface area contributed by atoms with Crippen LogP contribution < -0.4 is 0 Å². The Kier molecular flexibility index (Phi) is 4.62. The molecule has 1 fully saturated rings. The normalized spacial score (nSPS) is 17.7. The molecule has 31 heavy (non-hydrogen) atoms. The molecule has 5 rings (SSSR count). The number of benzene rings is 1. The third-order valence-electron chi connectivity index (χ3n) is 6.66. The molecular weight excluding hydrogens is 394 g/mol. The van der Waals surface area contributed by atoms with E-state index in [4.69, 9.17) is 4.74 Å². The monoisotopic (exact) mass is 421 g/mol. The van der Waals surface area contributed by atoms with Gasteiger partial charge in [-0.3, -0.25) is 14.3 Å². The zero-order chi connectivity index (χ0) is 21.8. The molecule has 0 unspecified atom stereocenters. The topological polar surface area (TPSA) is 83.5 Å². The number of nitrogens with zero attached hydrogens (tertiary/aromatic N) is 4. The van der Waals surface area contributed by atoms with Gasteiger partial charge in [-0.15, -0.1) is 0 Å². The first-order chi connectivity index (χ1) is 14.9. The molecular formula is C23H27N5O3. The molecule has 8 heteroatoms. The highest BCUT2D eigenvalue weighted by atomic mass is 16.5. The number of H-pyrrole nitrogens is 1. The largest absolute Gasteiger partial charge is 0.370 e. The summed E-state index contributed by atoms with van der Waals surface area (Å²) in [6.45, 7) is 1.69. The van der Waals surface area contributed by atoms with E-state index in [0.29, 0.717) is 37.4 Å². The molecule has 3 aromatic rings. The van der Waals surface area contributed by atoms with Crippen LogP contribution in [-0.4, -0.2) is 69.2 Å². The maximum absolute atomic E-state index is 13.0. The number of aryl methyl sites for hydroxylation is 1. The summed E-state index contributed by atoms with van der Waals surface area (Å²) >= 11 is 0. The Morgan fingerprint density at radius 3 is 2.71 bits per heavy atom. The first-order valence-electron chi connectivity index (χ1n) is 10.6. The van der Waals surface area contributed by atoms with Gasteiger partial charge in [-0.05, 0) is 37.1 Å². The van der Waals surface area contributed by atoms with Crippen molar-refractivity contribution in [3.8, 4) is 0 Å². The Hall–Kier alpha value is -3.13. The van der Waals surface area contributed by atoms with E-state index in [9.17, 15) is 9.59 Å². The van der Waals surface area contributed by atoms with Gasteiger partial charge in [-0.25, -0.2) is 0 Å². The molecule has 1 spiro atoms. The van der Waals surface area contributed by atoms with Crippen LogP contribution in [0.25, 0.3) is 10.9 Å². The number of likely N-dealkylation sites (tertiary alicyclic amines) is 1. The summed E-state index contributed by atoms with van der Waals surface area (Å²) < 4.78 is 8.15. The summed E-state index contributed by atoms with van der Waals surface area (Å²) in [6.07, 6.45) is 4.14. The van der Waals surface area contributed by atoms with Crippen LogP contribution in [0.5, 0.6) is 0 Å². The average molecular weight is 422 g/mol. The number of rotatable bonds is 2. The lowest BCUT2D eigenvalue weighted by Gasteiger charge is -2.44. The third-order valence-corrected chi connectivity index (χ3v) is 6.66. The highest BCUT2D eigenvalue weighted by Gasteiger charge is 2.42. The predicted octanol–water partition coefficient (Wildman–Crippen LogP) is 2.35. The number of fused-ring (bicyclic) bond motifs is 2. The maximum Gasteiger partial charge on any atom is 0.274 e. The number of ether oxygens (including phenoxy) is 1. The zero-order valence-corrected chi connectivity index (χ0v) is 18.1. The summed E-state index contributed by atoms with van der Waals surface area (Å²) in [4.78, 5) is 32.1. The number of amides is 2. The molecule has 2 amide bonds. The molecule has 8 nitrogen and oxygen atoms in total. The van der Waals surface area contributed by atoms with Crippen LogP contribution in [0, 0.1) is 0 Å². The van der Waals surface area contributed by atoms with Gasteiger partial charge in [0.25, 0.3) is 11.8 Å². The quantitative estimate of drug-likeness (QED) is 0.689. The number of piperidine rings is 1. The molecule has 0 atom stereocenters. The van der Waals surface area contributed by atoms with Crippen molar-refractivity contribution in [1.29, 1.82) is 0 Å². The minimum Gasteiger partial charge on any atom is -0.370 e. The third kappa shape index (κ3) is 3.31. The molecule has 162 valence electrons. The van der Waals surface area contributed by atoms with Crippen molar-refractivity contribution < 1.29 is 14.3 Å². The molecule has 0 aliphatic carbocycles. The van der Waals surface area contributed by atoms with E-state index < -0.39 is 0 Å². The van der Waals surface area contributed by atoms with Crippen molar-refractivity contribution >= 4 is 22.7 Å². The van der Waals surface area contributed by atoms with Crippen LogP contribution in [0.4, 0.5) is 0 Å². The number of aromatic amines is 1. The predicted molar refractivity (Wildman–Crippen MR) is 116 cm³/mol. The van der Waals surface area contributed by atoms with E-state index >= 15 is 0 Å². The molecule has 4 heterocycles. The van der Waals surface area contributed by atoms with E-state index in [1.807, 2.05) is 47.1 Å². The van der Waals surface area contributed by atoms with Crippen molar-refractivity contribution in [3.63, 3.8) is 0 Å². The van der Waals surface area contributed by atoms with Crippen molar-refractivity contribution in [1.82, 2.24) is 24.6 Å². The van der Waals surface area contributed by atoms with E-state index in [1.165, 1.54) is 0 Å². The second-order valence-corrected chi connectivity index (χ2v) is 8.82. The summed E-state index contributed by atoms with van der Waals surface area (Å²) in [5, 5.41) is 5.52. The van der Waals surface area contributed by atoms with Crippen molar-refractivity contribution in [2.75, 3.05) is 27.2 Å². The highest BCUT2D eigenvalue weighted by Crippen LogP contribution is 2.37. The van der Waals surface area contributed by atoms with Gasteiger partial charge in [-0.1, -0.05) is 0 Å². The van der Waals surface area contributed by atoms with Crippen LogP contribution in [0.1, 0.15) is 44.9 Å². The van der Waals surface area contributed by atoms with Gasteiger partial charge in [0, 0.05) is 74.6 Å². The number of aromatic nitrogens is 3. The van der Waals surface area contributed by atoms with Crippen LogP contribution >= 0.6 is 0 Å². The fraction of sp³-hybridized carbons (Fsp3) is 0.435. The van der Waals surface area contributed by atoms with Gasteiger partial charge in [0.2, 0.25) is 0 Å². The van der Waals surface area contributed by atoms with Crippen LogP contribution in [-0.2, 0) is 24.8 Å². The standard InChI is InChI=1S/C23H27N5O3/c1-26(2)22(30)20-17-14-31-23(13-19(17)27(3)25-20)7-10-28(11-8-23)21(29)16-4-5-18-15(12-16)6-9-24-18/h4-6,9,12,24H,7-8,10-11,13-14H2,1-3H3. The van der Waals surface area contributed by atoms with Crippen LogP contribution in [0.3, 0.4) is 0 Å². The average Bonchev–Trinajstić information content (AvgIpc) is 3.37. The van der Waals surface area contributed by atoms with Gasteiger partial charge in [0.15, 0.2) is 5.69 Å². The fourth-order valence-electron chi connectivity index (χ4n) is 4.75. The zero-order valence-electron chi connectivity index (χ0n) is 18.1. The molecule has 2 aliphatic heterocycles. The molecule has 1 N–H and O–H groups in total. The number of carbonyl (C=O) groups excluding carboxylic acids is 2. The Morgan fingerprint density at radius 1 is 1.19 bits per heavy atom. The van der Waals surface area contributed by atoms with Crippen molar-refractivity contribution in [2.45, 2.75) is 31.5 Å². The molecule has 0 radical (unpaired) electrons. The van der Waals surface area contributed by atoms with Crippen molar-refractivity contribution in [2.24, 2.45) is 7.05 Å². The summed E-state index contributed by atoms with van der Waals surface area (Å²) in [6, 6.07) is 7.76. The lowest BCUT2D eigenvalue weighted by Crippen LogP contribution is -2.50. The lowest BCUT2D eigenvalue weighted by atomic mass is 9.83. The second kappa shape index (κ2) is 7.23. The Labute approximate surface area is 180 Å². The van der Waals surface area contributed by atoms with Gasteiger partial charge in [0.05, 0.1) is 12.2 Å². The van der Waals surface area contributed by atoms with Gasteiger partial charge in [0.1, 0.15) is 0 Å². The molecule has 1 aromatic carbocycles. The number of hydrogen-bond acceptors (Lipinski definition) is 4. The number of nitrogens with one attached hydrogen (secondary N) is 1. The summed E-state index contributed by atoms with van der Waals surface area (Å²) in [5.41, 5.74) is 3.88. The van der Waals surface area contributed by atoms with Crippen molar-refractivity contribution in [3.05, 3.63) is 53.0 Å². The van der Waals surface area contributed by atoms with Crippen LogP contribution in [0.15, 0.2) is 30.5 Å². The number of carbonyl (C=O) groups is 2. The number of hydrogen-bond donors (Lipinski definition) is 1. The molecule has 2 aromatic heterocycles. The molecule has 2 aliphatic rings. The van der Waals surface area contributed by atoms with Gasteiger partial charge in [-0.2, -0.15) is 5.10 Å². The minimum atomic E-state index is -0.305. The SMILES string of the molecule is CN(C)C(=O)c1nn(C)c2c1COC1(CCN(C(=O)c3ccc4[nH]ccc4c3)CC1)C2. The van der Waals surface area contributed by atoms with E-state index in [2.05, 4.69) is 10.1 Å². The first-order valence-corrected chi connectivity index (χ1v) is 10.6. The van der Waals surface area contributed by atoms with E-state index in [0.717, 1.165) is 35.0 Å². The maximum atomic E-state index is 13.0. The van der Waals surface area contributed by atoms with E-state index in [-0.39, 0.29) is 17.4 Å². The van der Waals surface area contributed by atoms with E-state index in [1.54, 1.807) is 19.0 Å². The Bertz CT molecular complexity index is 1170. The smallest absolute Gasteiger partial charge is 0.274 e. The first kappa shape index (κ1) is 19.8. The summed E-state index contributed by atoms with van der Waals surface area (Å²) in [5.74, 6) is -0.0370. The molecule has 0 bridgehead atoms. The fourth-order valence-corrected chi connectivity index (χ4v) is 4.75. The summed E-state index contributed by atoms with van der Waals surface area (Å²) in [7, 11) is 5.35. The second-order valence-electron chi connectivity index (χ2n) is 8.82. The lowest BCUT2D eigenvalue weighted by molar-refractivity contribution is -0.0990. The van der Waals surface area contributed by atoms with Gasteiger partial charge >= 0.3 is 0 Å². The molecule has 0 saturated carbocycles.